The Morgan fingerprint density at radius 2 is 1.81 bits per heavy atom. The van der Waals surface area contributed by atoms with Crippen molar-refractivity contribution in [3.8, 4) is 0 Å². The first-order valence-electron chi connectivity index (χ1n) is 6.72. The number of amides is 1. The molecule has 0 saturated carbocycles. The van der Waals surface area contributed by atoms with Gasteiger partial charge in [-0.2, -0.15) is 0 Å². The molecule has 0 aromatic heterocycles. The SMILES string of the molecule is Nc1c(Cl)cc(C(=O)N2CCCc3ccccc32)cc1Cl. The molecule has 1 heterocycles. The fourth-order valence-electron chi connectivity index (χ4n) is 2.61. The standard InChI is InChI=1S/C16H14Cl2N2O/c17-12-8-11(9-13(18)15(12)19)16(21)20-7-3-5-10-4-1-2-6-14(10)20/h1-2,4,6,8-9H,3,5,7,19H2. The van der Waals surface area contributed by atoms with Crippen LogP contribution >= 0.6 is 23.2 Å². The topological polar surface area (TPSA) is 46.3 Å². The van der Waals surface area contributed by atoms with Crippen molar-refractivity contribution < 1.29 is 4.79 Å². The predicted octanol–water partition coefficient (Wildman–Crippen LogP) is 4.17. The summed E-state index contributed by atoms with van der Waals surface area (Å²) in [6.45, 7) is 0.690. The van der Waals surface area contributed by atoms with Crippen LogP contribution in [0.4, 0.5) is 11.4 Å². The lowest BCUT2D eigenvalue weighted by Gasteiger charge is -2.29. The molecule has 1 aliphatic rings. The lowest BCUT2D eigenvalue weighted by atomic mass is 10.0. The van der Waals surface area contributed by atoms with E-state index >= 15 is 0 Å². The Bertz CT molecular complexity index is 692. The number of carbonyl (C=O) groups is 1. The van der Waals surface area contributed by atoms with Crippen molar-refractivity contribution in [2.45, 2.75) is 12.8 Å². The van der Waals surface area contributed by atoms with Gasteiger partial charge in [0.1, 0.15) is 0 Å². The number of nitrogens with zero attached hydrogens (tertiary/aromatic N) is 1. The lowest BCUT2D eigenvalue weighted by molar-refractivity contribution is 0.0985. The smallest absolute Gasteiger partial charge is 0.258 e. The van der Waals surface area contributed by atoms with E-state index in [1.165, 1.54) is 5.56 Å². The van der Waals surface area contributed by atoms with Crippen molar-refractivity contribution in [1.82, 2.24) is 0 Å². The van der Waals surface area contributed by atoms with Crippen LogP contribution in [0.2, 0.25) is 10.0 Å². The third-order valence-electron chi connectivity index (χ3n) is 3.68. The highest BCUT2D eigenvalue weighted by atomic mass is 35.5. The number of aryl methyl sites for hydroxylation is 1. The minimum atomic E-state index is -0.106. The Labute approximate surface area is 133 Å². The highest BCUT2D eigenvalue weighted by molar-refractivity contribution is 6.39. The van der Waals surface area contributed by atoms with Gasteiger partial charge in [0.2, 0.25) is 0 Å². The summed E-state index contributed by atoms with van der Waals surface area (Å²) in [5.41, 5.74) is 8.61. The minimum absolute atomic E-state index is 0.106. The second kappa shape index (κ2) is 5.58. The molecular formula is C16H14Cl2N2O. The van der Waals surface area contributed by atoms with Gasteiger partial charge < -0.3 is 10.6 Å². The molecule has 0 unspecified atom stereocenters. The van der Waals surface area contributed by atoms with Gasteiger partial charge in [-0.1, -0.05) is 41.4 Å². The second-order valence-corrected chi connectivity index (χ2v) is 5.86. The number of fused-ring (bicyclic) bond motifs is 1. The van der Waals surface area contributed by atoms with Gasteiger partial charge >= 0.3 is 0 Å². The van der Waals surface area contributed by atoms with Crippen LogP contribution < -0.4 is 10.6 Å². The van der Waals surface area contributed by atoms with Crippen molar-refractivity contribution in [2.24, 2.45) is 0 Å². The molecule has 2 aromatic carbocycles. The van der Waals surface area contributed by atoms with E-state index in [0.717, 1.165) is 18.5 Å². The Balaban J connectivity index is 2.00. The number of nitrogens with two attached hydrogens (primary N) is 1. The number of anilines is 2. The zero-order valence-electron chi connectivity index (χ0n) is 11.3. The molecule has 0 spiro atoms. The summed E-state index contributed by atoms with van der Waals surface area (Å²) in [5, 5.41) is 0.604. The fourth-order valence-corrected chi connectivity index (χ4v) is 3.10. The number of nitrogen functional groups attached to an aromatic ring is 1. The molecule has 3 nitrogen and oxygen atoms in total. The summed E-state index contributed by atoms with van der Waals surface area (Å²) in [6, 6.07) is 11.1. The maximum Gasteiger partial charge on any atom is 0.258 e. The van der Waals surface area contributed by atoms with Crippen molar-refractivity contribution in [3.05, 3.63) is 57.6 Å². The van der Waals surface area contributed by atoms with Crippen LogP contribution in [0, 0.1) is 0 Å². The van der Waals surface area contributed by atoms with Crippen LogP contribution in [0.25, 0.3) is 0 Å². The molecule has 0 atom stereocenters. The Hall–Kier alpha value is -1.71. The van der Waals surface area contributed by atoms with Gasteiger partial charge in [-0.15, -0.1) is 0 Å². The maximum atomic E-state index is 12.7. The van der Waals surface area contributed by atoms with Gasteiger partial charge in [0, 0.05) is 17.8 Å². The minimum Gasteiger partial charge on any atom is -0.396 e. The highest BCUT2D eigenvalue weighted by Crippen LogP contribution is 2.32. The maximum absolute atomic E-state index is 12.7. The molecule has 1 amide bonds. The largest absolute Gasteiger partial charge is 0.396 e. The van der Waals surface area contributed by atoms with Gasteiger partial charge in [0.05, 0.1) is 15.7 Å². The molecule has 0 aliphatic carbocycles. The first kappa shape index (κ1) is 14.2. The third-order valence-corrected chi connectivity index (χ3v) is 4.31. The van der Waals surface area contributed by atoms with Gasteiger partial charge in [0.15, 0.2) is 0 Å². The third kappa shape index (κ3) is 2.59. The van der Waals surface area contributed by atoms with E-state index in [0.29, 0.717) is 27.8 Å². The van der Waals surface area contributed by atoms with Crippen LogP contribution in [0.1, 0.15) is 22.3 Å². The van der Waals surface area contributed by atoms with Gasteiger partial charge in [-0.25, -0.2) is 0 Å². The number of hydrogen-bond donors (Lipinski definition) is 1. The summed E-state index contributed by atoms with van der Waals surface area (Å²) in [5.74, 6) is -0.106. The molecule has 2 N–H and O–H groups in total. The quantitative estimate of drug-likeness (QED) is 0.801. The monoisotopic (exact) mass is 320 g/mol. The van der Waals surface area contributed by atoms with Crippen LogP contribution in [-0.2, 0) is 6.42 Å². The van der Waals surface area contributed by atoms with Crippen molar-refractivity contribution in [3.63, 3.8) is 0 Å². The molecule has 2 aromatic rings. The summed E-state index contributed by atoms with van der Waals surface area (Å²) >= 11 is 12.0. The van der Waals surface area contributed by atoms with Crippen molar-refractivity contribution in [1.29, 1.82) is 0 Å². The molecule has 0 bridgehead atoms. The lowest BCUT2D eigenvalue weighted by Crippen LogP contribution is -2.35. The average Bonchev–Trinajstić information content (AvgIpc) is 2.51. The van der Waals surface area contributed by atoms with Crippen LogP contribution in [-0.4, -0.2) is 12.5 Å². The molecule has 1 aliphatic heterocycles. The number of rotatable bonds is 1. The average molecular weight is 321 g/mol. The molecular weight excluding hydrogens is 307 g/mol. The molecule has 0 fully saturated rings. The van der Waals surface area contributed by atoms with E-state index in [1.54, 1.807) is 17.0 Å². The van der Waals surface area contributed by atoms with Crippen LogP contribution in [0.5, 0.6) is 0 Å². The first-order valence-corrected chi connectivity index (χ1v) is 7.48. The van der Waals surface area contributed by atoms with E-state index in [-0.39, 0.29) is 5.91 Å². The summed E-state index contributed by atoms with van der Waals surface area (Å²) in [4.78, 5) is 14.5. The summed E-state index contributed by atoms with van der Waals surface area (Å²) in [7, 11) is 0. The Morgan fingerprint density at radius 1 is 1.14 bits per heavy atom. The zero-order chi connectivity index (χ0) is 15.0. The number of benzene rings is 2. The van der Waals surface area contributed by atoms with E-state index in [4.69, 9.17) is 28.9 Å². The van der Waals surface area contributed by atoms with E-state index in [9.17, 15) is 4.79 Å². The van der Waals surface area contributed by atoms with E-state index in [1.807, 2.05) is 18.2 Å². The number of hydrogen-bond acceptors (Lipinski definition) is 2. The molecule has 108 valence electrons. The molecule has 3 rings (SSSR count). The van der Waals surface area contributed by atoms with E-state index in [2.05, 4.69) is 6.07 Å². The molecule has 0 saturated heterocycles. The van der Waals surface area contributed by atoms with Gasteiger partial charge in [-0.3, -0.25) is 4.79 Å². The first-order chi connectivity index (χ1) is 10.1. The number of halogens is 2. The summed E-state index contributed by atoms with van der Waals surface area (Å²) < 4.78 is 0. The molecule has 21 heavy (non-hydrogen) atoms. The Morgan fingerprint density at radius 3 is 2.52 bits per heavy atom. The molecule has 5 heteroatoms. The van der Waals surface area contributed by atoms with Crippen molar-refractivity contribution >= 4 is 40.5 Å². The zero-order valence-corrected chi connectivity index (χ0v) is 12.8. The van der Waals surface area contributed by atoms with Crippen molar-refractivity contribution in [2.75, 3.05) is 17.2 Å². The van der Waals surface area contributed by atoms with Gasteiger partial charge in [-0.05, 0) is 36.6 Å². The normalized spacial score (nSPS) is 13.9. The highest BCUT2D eigenvalue weighted by Gasteiger charge is 2.24. The van der Waals surface area contributed by atoms with Gasteiger partial charge in [0.25, 0.3) is 5.91 Å². The number of carbonyl (C=O) groups excluding carboxylic acids is 1. The predicted molar refractivity (Wildman–Crippen MR) is 87.3 cm³/mol. The number of para-hydroxylation sites is 1. The Kier molecular flexibility index (Phi) is 3.79. The van der Waals surface area contributed by atoms with E-state index < -0.39 is 0 Å². The molecule has 0 radical (unpaired) electrons. The van der Waals surface area contributed by atoms with Crippen LogP contribution in [0.3, 0.4) is 0 Å². The fraction of sp³-hybridized carbons (Fsp3) is 0.188. The second-order valence-electron chi connectivity index (χ2n) is 5.04. The summed E-state index contributed by atoms with van der Waals surface area (Å²) in [6.07, 6.45) is 1.93. The van der Waals surface area contributed by atoms with Crippen LogP contribution in [0.15, 0.2) is 36.4 Å².